The van der Waals surface area contributed by atoms with Crippen LogP contribution in [0.4, 0.5) is 11.8 Å². The van der Waals surface area contributed by atoms with Gasteiger partial charge in [0.1, 0.15) is 5.82 Å². The maximum absolute atomic E-state index is 5.97. The second kappa shape index (κ2) is 6.32. The number of nitrogens with two attached hydrogens (primary N) is 2. The van der Waals surface area contributed by atoms with E-state index in [0.717, 1.165) is 22.4 Å². The zero-order chi connectivity index (χ0) is 17.2. The molecule has 6 nitrogen and oxygen atoms in total. The number of benzene rings is 1. The SMILES string of the molecule is COc1ccc(Cc2cnc(N)nc2N)c(C(C)(C)C)c1OC. The number of ether oxygens (including phenoxy) is 2. The van der Waals surface area contributed by atoms with Crippen molar-refractivity contribution in [1.29, 1.82) is 0 Å². The lowest BCUT2D eigenvalue weighted by molar-refractivity contribution is 0.344. The highest BCUT2D eigenvalue weighted by Gasteiger charge is 2.26. The lowest BCUT2D eigenvalue weighted by Crippen LogP contribution is -2.17. The quantitative estimate of drug-likeness (QED) is 0.900. The standard InChI is InChI=1S/C17H24N4O2/c1-17(2,3)13-10(6-7-12(22-4)14(13)23-5)8-11-9-20-16(19)21-15(11)18/h6-7,9H,8H2,1-5H3,(H4,18,19,20,21). The zero-order valence-corrected chi connectivity index (χ0v) is 14.3. The number of hydrogen-bond donors (Lipinski definition) is 2. The number of rotatable bonds is 4. The Kier molecular flexibility index (Phi) is 4.63. The van der Waals surface area contributed by atoms with Crippen LogP contribution in [-0.2, 0) is 11.8 Å². The van der Waals surface area contributed by atoms with E-state index < -0.39 is 0 Å². The number of nitrogens with zero attached hydrogens (tertiary/aromatic N) is 2. The molecule has 124 valence electrons. The maximum atomic E-state index is 5.97. The number of anilines is 2. The van der Waals surface area contributed by atoms with Crippen LogP contribution < -0.4 is 20.9 Å². The molecular weight excluding hydrogens is 292 g/mol. The van der Waals surface area contributed by atoms with Crippen molar-refractivity contribution >= 4 is 11.8 Å². The first-order chi connectivity index (χ1) is 10.8. The molecule has 23 heavy (non-hydrogen) atoms. The van der Waals surface area contributed by atoms with Crippen LogP contribution >= 0.6 is 0 Å². The fraction of sp³-hybridized carbons (Fsp3) is 0.412. The molecule has 0 aliphatic carbocycles. The van der Waals surface area contributed by atoms with Gasteiger partial charge in [0.25, 0.3) is 0 Å². The molecule has 0 radical (unpaired) electrons. The highest BCUT2D eigenvalue weighted by atomic mass is 16.5. The maximum Gasteiger partial charge on any atom is 0.221 e. The van der Waals surface area contributed by atoms with Crippen LogP contribution in [0.3, 0.4) is 0 Å². The van der Waals surface area contributed by atoms with Gasteiger partial charge in [0.2, 0.25) is 5.95 Å². The molecule has 0 aliphatic rings. The minimum absolute atomic E-state index is 0.126. The van der Waals surface area contributed by atoms with Crippen molar-refractivity contribution in [1.82, 2.24) is 9.97 Å². The summed E-state index contributed by atoms with van der Waals surface area (Å²) < 4.78 is 11.0. The summed E-state index contributed by atoms with van der Waals surface area (Å²) in [6, 6.07) is 3.93. The van der Waals surface area contributed by atoms with Gasteiger partial charge in [-0.1, -0.05) is 26.8 Å². The van der Waals surface area contributed by atoms with Crippen molar-refractivity contribution in [3.05, 3.63) is 35.0 Å². The van der Waals surface area contributed by atoms with E-state index >= 15 is 0 Å². The molecular formula is C17H24N4O2. The van der Waals surface area contributed by atoms with Gasteiger partial charge in [-0.3, -0.25) is 0 Å². The van der Waals surface area contributed by atoms with Gasteiger partial charge >= 0.3 is 0 Å². The number of aromatic nitrogens is 2. The van der Waals surface area contributed by atoms with E-state index in [1.807, 2.05) is 12.1 Å². The van der Waals surface area contributed by atoms with Crippen molar-refractivity contribution in [2.45, 2.75) is 32.6 Å². The third-order valence-corrected chi connectivity index (χ3v) is 3.68. The van der Waals surface area contributed by atoms with E-state index in [1.165, 1.54) is 0 Å². The van der Waals surface area contributed by atoms with Crippen LogP contribution in [0.25, 0.3) is 0 Å². The van der Waals surface area contributed by atoms with Crippen molar-refractivity contribution in [2.75, 3.05) is 25.7 Å². The first-order valence-electron chi connectivity index (χ1n) is 7.39. The Hall–Kier alpha value is -2.50. The van der Waals surface area contributed by atoms with Crippen molar-refractivity contribution in [3.8, 4) is 11.5 Å². The fourth-order valence-electron chi connectivity index (χ4n) is 2.71. The van der Waals surface area contributed by atoms with Gasteiger partial charge in [-0.15, -0.1) is 0 Å². The Labute approximate surface area is 136 Å². The predicted octanol–water partition coefficient (Wildman–Crippen LogP) is 2.55. The van der Waals surface area contributed by atoms with Gasteiger partial charge in [-0.25, -0.2) is 4.98 Å². The molecule has 1 aromatic carbocycles. The lowest BCUT2D eigenvalue weighted by atomic mass is 9.81. The Morgan fingerprint density at radius 2 is 1.74 bits per heavy atom. The third kappa shape index (κ3) is 3.47. The molecule has 2 rings (SSSR count). The van der Waals surface area contributed by atoms with E-state index in [1.54, 1.807) is 20.4 Å². The van der Waals surface area contributed by atoms with E-state index in [0.29, 0.717) is 18.0 Å². The minimum Gasteiger partial charge on any atom is -0.493 e. The molecule has 0 spiro atoms. The van der Waals surface area contributed by atoms with Crippen molar-refractivity contribution in [2.24, 2.45) is 0 Å². The number of nitrogen functional groups attached to an aromatic ring is 2. The van der Waals surface area contributed by atoms with E-state index in [4.69, 9.17) is 20.9 Å². The van der Waals surface area contributed by atoms with Crippen LogP contribution in [0.15, 0.2) is 18.3 Å². The molecule has 0 aliphatic heterocycles. The summed E-state index contributed by atoms with van der Waals surface area (Å²) in [6.07, 6.45) is 2.26. The normalized spacial score (nSPS) is 11.3. The van der Waals surface area contributed by atoms with Crippen LogP contribution in [0.1, 0.15) is 37.5 Å². The monoisotopic (exact) mass is 316 g/mol. The number of hydrogen-bond acceptors (Lipinski definition) is 6. The molecule has 1 aromatic heterocycles. The van der Waals surface area contributed by atoms with Crippen molar-refractivity contribution < 1.29 is 9.47 Å². The van der Waals surface area contributed by atoms with Gasteiger partial charge in [-0.05, 0) is 17.0 Å². The highest BCUT2D eigenvalue weighted by molar-refractivity contribution is 5.56. The third-order valence-electron chi connectivity index (χ3n) is 3.68. The molecule has 0 saturated heterocycles. The molecule has 1 heterocycles. The Morgan fingerprint density at radius 1 is 1.04 bits per heavy atom. The summed E-state index contributed by atoms with van der Waals surface area (Å²) in [7, 11) is 3.29. The predicted molar refractivity (Wildman–Crippen MR) is 91.9 cm³/mol. The smallest absolute Gasteiger partial charge is 0.221 e. The fourth-order valence-corrected chi connectivity index (χ4v) is 2.71. The van der Waals surface area contributed by atoms with Gasteiger partial charge in [0, 0.05) is 23.7 Å². The summed E-state index contributed by atoms with van der Waals surface area (Å²) in [5, 5.41) is 0. The van der Waals surface area contributed by atoms with Crippen LogP contribution in [0.2, 0.25) is 0 Å². The molecule has 4 N–H and O–H groups in total. The summed E-state index contributed by atoms with van der Waals surface area (Å²) in [5.74, 6) is 2.02. The summed E-state index contributed by atoms with van der Waals surface area (Å²) >= 11 is 0. The van der Waals surface area contributed by atoms with E-state index in [2.05, 4.69) is 30.7 Å². The Bertz CT molecular complexity index is 708. The van der Waals surface area contributed by atoms with Gasteiger partial charge in [0.05, 0.1) is 14.2 Å². The van der Waals surface area contributed by atoms with E-state index in [-0.39, 0.29) is 11.4 Å². The molecule has 0 amide bonds. The first kappa shape index (κ1) is 16.9. The van der Waals surface area contributed by atoms with Gasteiger partial charge < -0.3 is 20.9 Å². The largest absolute Gasteiger partial charge is 0.493 e. The average molecular weight is 316 g/mol. The van der Waals surface area contributed by atoms with Gasteiger partial charge in [-0.2, -0.15) is 4.98 Å². The summed E-state index contributed by atoms with van der Waals surface area (Å²) in [5.41, 5.74) is 14.4. The lowest BCUT2D eigenvalue weighted by Gasteiger charge is -2.27. The molecule has 2 aromatic rings. The highest BCUT2D eigenvalue weighted by Crippen LogP contribution is 2.41. The van der Waals surface area contributed by atoms with Crippen LogP contribution in [-0.4, -0.2) is 24.2 Å². The van der Waals surface area contributed by atoms with Gasteiger partial charge in [0.15, 0.2) is 11.5 Å². The number of methoxy groups -OCH3 is 2. The van der Waals surface area contributed by atoms with Crippen LogP contribution in [0, 0.1) is 0 Å². The molecule has 0 fully saturated rings. The molecule has 6 heteroatoms. The Morgan fingerprint density at radius 3 is 2.26 bits per heavy atom. The summed E-state index contributed by atoms with van der Waals surface area (Å²) in [4.78, 5) is 8.06. The first-order valence-corrected chi connectivity index (χ1v) is 7.39. The second-order valence-corrected chi connectivity index (χ2v) is 6.40. The minimum atomic E-state index is -0.126. The van der Waals surface area contributed by atoms with Crippen LogP contribution in [0.5, 0.6) is 11.5 Å². The molecule has 0 atom stereocenters. The average Bonchev–Trinajstić information content (AvgIpc) is 2.48. The summed E-state index contributed by atoms with van der Waals surface area (Å²) in [6.45, 7) is 6.41. The topological polar surface area (TPSA) is 96.3 Å². The van der Waals surface area contributed by atoms with Crippen molar-refractivity contribution in [3.63, 3.8) is 0 Å². The molecule has 0 unspecified atom stereocenters. The Balaban J connectivity index is 2.58. The molecule has 0 bridgehead atoms. The molecule has 0 saturated carbocycles. The zero-order valence-electron chi connectivity index (χ0n) is 14.3. The van der Waals surface area contributed by atoms with E-state index in [9.17, 15) is 0 Å². The second-order valence-electron chi connectivity index (χ2n) is 6.40.